The third-order valence-corrected chi connectivity index (χ3v) is 5.03. The molecule has 0 aliphatic rings. The second-order valence-electron chi connectivity index (χ2n) is 5.91. The van der Waals surface area contributed by atoms with Gasteiger partial charge in [-0.3, -0.25) is 20.2 Å². The van der Waals surface area contributed by atoms with Gasteiger partial charge in [0.05, 0.1) is 36.0 Å². The van der Waals surface area contributed by atoms with E-state index >= 15 is 0 Å². The van der Waals surface area contributed by atoms with E-state index in [0.29, 0.717) is 16.3 Å². The average molecular weight is 431 g/mol. The molecule has 10 nitrogen and oxygen atoms in total. The number of anilines is 1. The lowest BCUT2D eigenvalue weighted by molar-refractivity contribution is -0.384. The van der Waals surface area contributed by atoms with Crippen LogP contribution in [0.4, 0.5) is 10.8 Å². The van der Waals surface area contributed by atoms with Crippen LogP contribution in [0.5, 0.6) is 5.75 Å². The molecule has 1 N–H and O–H groups in total. The zero-order valence-electron chi connectivity index (χ0n) is 16.3. The first-order chi connectivity index (χ1) is 14.3. The Morgan fingerprint density at radius 2 is 2.07 bits per heavy atom. The first kappa shape index (κ1) is 21.0. The topological polar surface area (TPSA) is 134 Å². The first-order valence-electron chi connectivity index (χ1n) is 8.72. The van der Waals surface area contributed by atoms with Crippen LogP contribution in [0.15, 0.2) is 34.7 Å². The lowest BCUT2D eigenvalue weighted by atomic mass is 10.1. The minimum Gasteiger partial charge on any atom is -0.497 e. The quantitative estimate of drug-likeness (QED) is 0.336. The predicted molar refractivity (Wildman–Crippen MR) is 108 cm³/mol. The molecule has 0 unspecified atom stereocenters. The van der Waals surface area contributed by atoms with Gasteiger partial charge in [0.1, 0.15) is 16.4 Å². The smallest absolute Gasteiger partial charge is 0.350 e. The molecule has 0 atom stereocenters. The Labute approximate surface area is 174 Å². The number of benzene rings is 1. The van der Waals surface area contributed by atoms with Crippen LogP contribution >= 0.6 is 11.3 Å². The van der Waals surface area contributed by atoms with Crippen molar-refractivity contribution < 1.29 is 28.4 Å². The summed E-state index contributed by atoms with van der Waals surface area (Å²) in [5.41, 5.74) is 0.419. The normalized spacial score (nSPS) is 10.5. The van der Waals surface area contributed by atoms with Gasteiger partial charge in [-0.25, -0.2) is 9.78 Å². The maximum atomic E-state index is 12.5. The molecule has 3 rings (SSSR count). The Balaban J connectivity index is 1.82. The number of furan rings is 1. The molecule has 0 radical (unpaired) electrons. The fourth-order valence-corrected chi connectivity index (χ4v) is 3.45. The second kappa shape index (κ2) is 8.74. The van der Waals surface area contributed by atoms with E-state index < -0.39 is 16.8 Å². The zero-order valence-corrected chi connectivity index (χ0v) is 17.1. The summed E-state index contributed by atoms with van der Waals surface area (Å²) in [6.45, 7) is 3.55. The summed E-state index contributed by atoms with van der Waals surface area (Å²) in [5, 5.41) is 14.1. The number of nitrogens with one attached hydrogen (secondary N) is 1. The third-order valence-electron chi connectivity index (χ3n) is 3.97. The van der Waals surface area contributed by atoms with Crippen molar-refractivity contribution in [2.24, 2.45) is 0 Å². The van der Waals surface area contributed by atoms with Gasteiger partial charge in [0, 0.05) is 0 Å². The van der Waals surface area contributed by atoms with Crippen molar-refractivity contribution in [3.8, 4) is 17.1 Å². The van der Waals surface area contributed by atoms with Gasteiger partial charge in [-0.2, -0.15) is 0 Å². The third kappa shape index (κ3) is 4.30. The van der Waals surface area contributed by atoms with Gasteiger partial charge in [0.25, 0.3) is 11.6 Å². The maximum Gasteiger partial charge on any atom is 0.350 e. The molecule has 156 valence electrons. The number of esters is 1. The van der Waals surface area contributed by atoms with E-state index in [2.05, 4.69) is 10.3 Å². The van der Waals surface area contributed by atoms with Gasteiger partial charge < -0.3 is 13.9 Å². The second-order valence-corrected chi connectivity index (χ2v) is 6.91. The number of nitro groups is 1. The highest BCUT2D eigenvalue weighted by molar-refractivity contribution is 7.17. The molecule has 3 aromatic rings. The van der Waals surface area contributed by atoms with Gasteiger partial charge in [0.2, 0.25) is 0 Å². The van der Waals surface area contributed by atoms with E-state index in [1.165, 1.54) is 31.4 Å². The van der Waals surface area contributed by atoms with Gasteiger partial charge in [-0.05, 0) is 38.1 Å². The Morgan fingerprint density at radius 3 is 2.73 bits per heavy atom. The molecule has 11 heteroatoms. The van der Waals surface area contributed by atoms with Crippen molar-refractivity contribution in [2.45, 2.75) is 13.8 Å². The van der Waals surface area contributed by atoms with Gasteiger partial charge in [-0.15, -0.1) is 0 Å². The lowest BCUT2D eigenvalue weighted by Crippen LogP contribution is -2.10. The van der Waals surface area contributed by atoms with Gasteiger partial charge >= 0.3 is 5.97 Å². The summed E-state index contributed by atoms with van der Waals surface area (Å²) in [6.07, 6.45) is 0. The number of rotatable bonds is 7. The molecule has 1 aromatic carbocycles. The van der Waals surface area contributed by atoms with Crippen LogP contribution in [0.25, 0.3) is 11.3 Å². The van der Waals surface area contributed by atoms with Crippen molar-refractivity contribution in [3.05, 3.63) is 56.8 Å². The highest BCUT2D eigenvalue weighted by Gasteiger charge is 2.22. The summed E-state index contributed by atoms with van der Waals surface area (Å²) in [4.78, 5) is 39.6. The van der Waals surface area contributed by atoms with Crippen LogP contribution in [0.3, 0.4) is 0 Å². The highest BCUT2D eigenvalue weighted by Crippen LogP contribution is 2.34. The van der Waals surface area contributed by atoms with E-state index in [0.717, 1.165) is 11.3 Å². The molecule has 1 amide bonds. The van der Waals surface area contributed by atoms with Crippen molar-refractivity contribution in [3.63, 3.8) is 0 Å². The van der Waals surface area contributed by atoms with Crippen LogP contribution in [0, 0.1) is 17.0 Å². The van der Waals surface area contributed by atoms with Crippen molar-refractivity contribution in [1.82, 2.24) is 4.98 Å². The number of hydrogen-bond acceptors (Lipinski definition) is 9. The molecule has 0 fully saturated rings. The Bertz CT molecular complexity index is 1120. The summed E-state index contributed by atoms with van der Waals surface area (Å²) in [7, 11) is 1.40. The molecule has 0 aliphatic heterocycles. The van der Waals surface area contributed by atoms with E-state index in [9.17, 15) is 19.7 Å². The van der Waals surface area contributed by atoms with Crippen LogP contribution in [-0.4, -0.2) is 35.5 Å². The molecule has 0 aliphatic carbocycles. The Morgan fingerprint density at radius 1 is 1.30 bits per heavy atom. The molecule has 0 spiro atoms. The minimum absolute atomic E-state index is 0.0688. The van der Waals surface area contributed by atoms with Crippen molar-refractivity contribution >= 4 is 34.0 Å². The number of amides is 1. The number of aryl methyl sites for hydroxylation is 1. The molecule has 2 aromatic heterocycles. The average Bonchev–Trinajstić information content (AvgIpc) is 3.34. The van der Waals surface area contributed by atoms with Gasteiger partial charge in [-0.1, -0.05) is 11.3 Å². The Hall–Kier alpha value is -3.73. The number of nitro benzene ring substituents is 1. The van der Waals surface area contributed by atoms with Crippen molar-refractivity contribution in [1.29, 1.82) is 0 Å². The van der Waals surface area contributed by atoms with Crippen LogP contribution in [0.1, 0.15) is 32.8 Å². The molecule has 30 heavy (non-hydrogen) atoms. The predicted octanol–water partition coefficient (Wildman–Crippen LogP) is 4.06. The minimum atomic E-state index is -0.610. The van der Waals surface area contributed by atoms with Crippen LogP contribution in [0.2, 0.25) is 0 Å². The molecule has 0 saturated heterocycles. The van der Waals surface area contributed by atoms with Crippen molar-refractivity contribution in [2.75, 3.05) is 19.0 Å². The number of carbonyl (C=O) groups is 2. The zero-order chi connectivity index (χ0) is 21.8. The molecule has 0 saturated carbocycles. The molecule has 0 bridgehead atoms. The van der Waals surface area contributed by atoms with E-state index in [1.54, 1.807) is 19.9 Å². The molecule has 2 heterocycles. The maximum absolute atomic E-state index is 12.5. The SMILES string of the molecule is CCOC(=O)c1sc(NC(=O)c2ccc(-c3ccc(OC)cc3[N+](=O)[O-])o2)nc1C. The summed E-state index contributed by atoms with van der Waals surface area (Å²) in [5.74, 6) is -0.717. The largest absolute Gasteiger partial charge is 0.497 e. The number of ether oxygens (including phenoxy) is 2. The number of methoxy groups -OCH3 is 1. The van der Waals surface area contributed by atoms with Crippen LogP contribution in [-0.2, 0) is 4.74 Å². The fraction of sp³-hybridized carbons (Fsp3) is 0.211. The fourth-order valence-electron chi connectivity index (χ4n) is 2.60. The molecular formula is C19H17N3O7S. The number of aromatic nitrogens is 1. The number of hydrogen-bond donors (Lipinski definition) is 1. The molecular weight excluding hydrogens is 414 g/mol. The number of nitrogens with zero attached hydrogens (tertiary/aromatic N) is 2. The standard InChI is InChI=1S/C19H17N3O7S/c1-4-28-18(24)16-10(2)20-19(30-16)21-17(23)15-8-7-14(29-15)12-6-5-11(27-3)9-13(12)22(25)26/h5-9H,4H2,1-3H3,(H,20,21,23). The summed E-state index contributed by atoms with van der Waals surface area (Å²) >= 11 is 0.982. The Kier molecular flexibility index (Phi) is 6.11. The summed E-state index contributed by atoms with van der Waals surface area (Å²) in [6, 6.07) is 7.16. The lowest BCUT2D eigenvalue weighted by Gasteiger charge is -2.03. The highest BCUT2D eigenvalue weighted by atomic mass is 32.1. The summed E-state index contributed by atoms with van der Waals surface area (Å²) < 4.78 is 15.5. The van der Waals surface area contributed by atoms with Gasteiger partial charge in [0.15, 0.2) is 10.9 Å². The number of thiazole rings is 1. The van der Waals surface area contributed by atoms with E-state index in [1.807, 2.05) is 0 Å². The van der Waals surface area contributed by atoms with E-state index in [-0.39, 0.29) is 34.5 Å². The van der Waals surface area contributed by atoms with Crippen LogP contribution < -0.4 is 10.1 Å². The van der Waals surface area contributed by atoms with E-state index in [4.69, 9.17) is 13.9 Å². The monoisotopic (exact) mass is 431 g/mol. The number of carbonyl (C=O) groups excluding carboxylic acids is 2. The first-order valence-corrected chi connectivity index (χ1v) is 9.54.